The second-order valence-electron chi connectivity index (χ2n) is 6.73. The molecule has 0 spiro atoms. The van der Waals surface area contributed by atoms with Gasteiger partial charge in [-0.1, -0.05) is 18.2 Å². The van der Waals surface area contributed by atoms with E-state index in [1.54, 1.807) is 6.07 Å². The number of amides is 2. The molecule has 8 nitrogen and oxygen atoms in total. The summed E-state index contributed by atoms with van der Waals surface area (Å²) in [5.41, 5.74) is 6.59. The average molecular weight is 401 g/mol. The average Bonchev–Trinajstić information content (AvgIpc) is 3.30. The number of halogens is 1. The number of rotatable bonds is 6. The molecule has 2 aromatic carbocycles. The summed E-state index contributed by atoms with van der Waals surface area (Å²) < 4.78 is 30.3. The van der Waals surface area contributed by atoms with E-state index < -0.39 is 30.2 Å². The fraction of sp³-hybridized carbons (Fsp3) is 0.300. The van der Waals surface area contributed by atoms with Crippen LogP contribution in [0.4, 0.5) is 25.4 Å². The maximum atomic E-state index is 14.5. The second kappa shape index (κ2) is 7.96. The van der Waals surface area contributed by atoms with E-state index in [1.165, 1.54) is 21.9 Å². The van der Waals surface area contributed by atoms with Crippen molar-refractivity contribution < 1.29 is 28.2 Å². The minimum atomic E-state index is -0.629. The third-order valence-electron chi connectivity index (χ3n) is 4.73. The molecule has 2 amide bonds. The summed E-state index contributed by atoms with van der Waals surface area (Å²) >= 11 is 0. The maximum absolute atomic E-state index is 14.5. The van der Waals surface area contributed by atoms with E-state index in [4.69, 9.17) is 19.9 Å². The summed E-state index contributed by atoms with van der Waals surface area (Å²) in [5.74, 6) is -0.623. The number of carbonyl (C=O) groups is 2. The van der Waals surface area contributed by atoms with Crippen molar-refractivity contribution in [2.24, 2.45) is 5.73 Å². The Hall–Kier alpha value is -3.33. The van der Waals surface area contributed by atoms with E-state index in [0.29, 0.717) is 12.2 Å². The first kappa shape index (κ1) is 19.0. The number of para-hydroxylation sites is 1. The van der Waals surface area contributed by atoms with Crippen molar-refractivity contribution in [1.82, 2.24) is 0 Å². The Balaban J connectivity index is 1.37. The summed E-state index contributed by atoms with van der Waals surface area (Å²) in [5, 5.41) is 0. The zero-order valence-corrected chi connectivity index (χ0v) is 15.5. The number of cyclic esters (lactones) is 2. The van der Waals surface area contributed by atoms with E-state index in [0.717, 1.165) is 5.69 Å². The molecule has 29 heavy (non-hydrogen) atoms. The van der Waals surface area contributed by atoms with Gasteiger partial charge in [-0.3, -0.25) is 9.80 Å². The standard InChI is InChI=1S/C20H20FN3O5/c21-17-8-14(24-10-15(9-22)28-20(24)26)6-7-18(17)27-12-16-11-23(19(25)29-16)13-4-2-1-3-5-13/h1-8,15-16H,9-12,22H2/t15-,16?/m1/s1. The van der Waals surface area contributed by atoms with Gasteiger partial charge in [-0.2, -0.15) is 0 Å². The molecule has 2 fully saturated rings. The molecule has 152 valence electrons. The fourth-order valence-corrected chi connectivity index (χ4v) is 3.24. The Morgan fingerprint density at radius 3 is 2.28 bits per heavy atom. The first-order valence-corrected chi connectivity index (χ1v) is 9.19. The summed E-state index contributed by atoms with van der Waals surface area (Å²) in [6.45, 7) is 0.781. The van der Waals surface area contributed by atoms with Crippen LogP contribution in [0, 0.1) is 5.82 Å². The molecule has 0 radical (unpaired) electrons. The molecule has 4 rings (SSSR count). The van der Waals surface area contributed by atoms with Gasteiger partial charge in [-0.05, 0) is 24.3 Å². The lowest BCUT2D eigenvalue weighted by Gasteiger charge is -2.15. The lowest BCUT2D eigenvalue weighted by Crippen LogP contribution is -2.27. The van der Waals surface area contributed by atoms with E-state index in [2.05, 4.69) is 0 Å². The van der Waals surface area contributed by atoms with Gasteiger partial charge in [0.2, 0.25) is 0 Å². The topological polar surface area (TPSA) is 94.3 Å². The van der Waals surface area contributed by atoms with Crippen LogP contribution >= 0.6 is 0 Å². The third kappa shape index (κ3) is 3.95. The van der Waals surface area contributed by atoms with Gasteiger partial charge in [0.05, 0.1) is 18.8 Å². The van der Waals surface area contributed by atoms with Crippen molar-refractivity contribution in [2.75, 3.05) is 36.0 Å². The highest BCUT2D eigenvalue weighted by atomic mass is 19.1. The van der Waals surface area contributed by atoms with Gasteiger partial charge in [0, 0.05) is 18.3 Å². The molecule has 2 heterocycles. The molecule has 2 saturated heterocycles. The van der Waals surface area contributed by atoms with Gasteiger partial charge in [-0.25, -0.2) is 14.0 Å². The Bertz CT molecular complexity index is 910. The number of ether oxygens (including phenoxy) is 3. The lowest BCUT2D eigenvalue weighted by molar-refractivity contribution is 0.103. The first-order chi connectivity index (χ1) is 14.0. The van der Waals surface area contributed by atoms with E-state index >= 15 is 0 Å². The number of hydrogen-bond donors (Lipinski definition) is 1. The zero-order chi connectivity index (χ0) is 20.4. The minimum Gasteiger partial charge on any atom is -0.487 e. The number of nitrogens with zero attached hydrogens (tertiary/aromatic N) is 2. The summed E-state index contributed by atoms with van der Waals surface area (Å²) in [4.78, 5) is 26.7. The van der Waals surface area contributed by atoms with Gasteiger partial charge >= 0.3 is 12.2 Å². The van der Waals surface area contributed by atoms with Gasteiger partial charge < -0.3 is 19.9 Å². The lowest BCUT2D eigenvalue weighted by atomic mass is 10.2. The number of benzene rings is 2. The largest absolute Gasteiger partial charge is 0.487 e. The Labute approximate surface area is 166 Å². The third-order valence-corrected chi connectivity index (χ3v) is 4.73. The minimum absolute atomic E-state index is 0.00546. The second-order valence-corrected chi connectivity index (χ2v) is 6.73. The summed E-state index contributed by atoms with van der Waals surface area (Å²) in [7, 11) is 0. The van der Waals surface area contributed by atoms with Gasteiger partial charge in [-0.15, -0.1) is 0 Å². The van der Waals surface area contributed by atoms with Gasteiger partial charge in [0.25, 0.3) is 0 Å². The van der Waals surface area contributed by atoms with Crippen LogP contribution in [0.15, 0.2) is 48.5 Å². The zero-order valence-electron chi connectivity index (χ0n) is 15.5. The fourth-order valence-electron chi connectivity index (χ4n) is 3.24. The van der Waals surface area contributed by atoms with Crippen LogP contribution in [-0.4, -0.2) is 50.6 Å². The van der Waals surface area contributed by atoms with Crippen molar-refractivity contribution in [1.29, 1.82) is 0 Å². The van der Waals surface area contributed by atoms with Gasteiger partial charge in [0.1, 0.15) is 12.7 Å². The number of nitrogens with two attached hydrogens (primary N) is 1. The van der Waals surface area contributed by atoms with Crippen LogP contribution in [0.25, 0.3) is 0 Å². The molecular weight excluding hydrogens is 381 g/mol. The van der Waals surface area contributed by atoms with Crippen molar-refractivity contribution in [2.45, 2.75) is 12.2 Å². The highest BCUT2D eigenvalue weighted by Gasteiger charge is 2.34. The van der Waals surface area contributed by atoms with Crippen molar-refractivity contribution in [3.05, 3.63) is 54.3 Å². The molecule has 0 bridgehead atoms. The number of carbonyl (C=O) groups excluding carboxylic acids is 2. The Morgan fingerprint density at radius 2 is 1.62 bits per heavy atom. The van der Waals surface area contributed by atoms with Crippen molar-refractivity contribution >= 4 is 23.6 Å². The molecule has 1 unspecified atom stereocenters. The maximum Gasteiger partial charge on any atom is 0.414 e. The molecule has 2 aliphatic heterocycles. The molecule has 2 aromatic rings. The Morgan fingerprint density at radius 1 is 0.966 bits per heavy atom. The van der Waals surface area contributed by atoms with E-state index in [9.17, 15) is 14.0 Å². The van der Waals surface area contributed by atoms with Crippen LogP contribution in [0.3, 0.4) is 0 Å². The highest BCUT2D eigenvalue weighted by molar-refractivity contribution is 5.90. The summed E-state index contributed by atoms with van der Waals surface area (Å²) in [6, 6.07) is 13.3. The molecule has 2 N–H and O–H groups in total. The SMILES string of the molecule is NC[C@@H]1CN(c2ccc(OCC3CN(c4ccccc4)C(=O)O3)c(F)c2)C(=O)O1. The number of anilines is 2. The molecule has 2 atom stereocenters. The number of hydrogen-bond acceptors (Lipinski definition) is 6. The van der Waals surface area contributed by atoms with Gasteiger partial charge in [0.15, 0.2) is 17.7 Å². The van der Waals surface area contributed by atoms with Crippen LogP contribution in [0.1, 0.15) is 0 Å². The quantitative estimate of drug-likeness (QED) is 0.799. The predicted octanol–water partition coefficient (Wildman–Crippen LogP) is 2.51. The predicted molar refractivity (Wildman–Crippen MR) is 103 cm³/mol. The molecule has 0 aromatic heterocycles. The van der Waals surface area contributed by atoms with Crippen molar-refractivity contribution in [3.63, 3.8) is 0 Å². The molecular formula is C20H20FN3O5. The normalized spacial score (nSPS) is 21.3. The van der Waals surface area contributed by atoms with Crippen LogP contribution in [0.5, 0.6) is 5.75 Å². The van der Waals surface area contributed by atoms with Crippen molar-refractivity contribution in [3.8, 4) is 5.75 Å². The first-order valence-electron chi connectivity index (χ1n) is 9.19. The van der Waals surface area contributed by atoms with Crippen LogP contribution in [-0.2, 0) is 9.47 Å². The highest BCUT2D eigenvalue weighted by Crippen LogP contribution is 2.28. The smallest absolute Gasteiger partial charge is 0.414 e. The summed E-state index contributed by atoms with van der Waals surface area (Å²) in [6.07, 6.45) is -1.97. The van der Waals surface area contributed by atoms with Crippen LogP contribution in [0.2, 0.25) is 0 Å². The van der Waals surface area contributed by atoms with Crippen LogP contribution < -0.4 is 20.3 Å². The Kier molecular flexibility index (Phi) is 5.22. The van der Waals surface area contributed by atoms with E-state index in [-0.39, 0.29) is 25.4 Å². The molecule has 2 aliphatic rings. The molecule has 9 heteroatoms. The van der Waals surface area contributed by atoms with E-state index in [1.807, 2.05) is 30.3 Å². The molecule has 0 saturated carbocycles. The molecule has 0 aliphatic carbocycles. The monoisotopic (exact) mass is 401 g/mol.